The molecule has 260 valence electrons. The van der Waals surface area contributed by atoms with E-state index in [1.807, 2.05) is 65.3 Å². The molecule has 0 bridgehead atoms. The molecule has 0 radical (unpaired) electrons. The van der Waals surface area contributed by atoms with Crippen LogP contribution >= 0.6 is 0 Å². The van der Waals surface area contributed by atoms with Crippen LogP contribution in [-0.4, -0.2) is 15.6 Å². The summed E-state index contributed by atoms with van der Waals surface area (Å²) in [6.07, 6.45) is 1.22. The minimum absolute atomic E-state index is 0.156. The van der Waals surface area contributed by atoms with Gasteiger partial charge in [0.15, 0.2) is 17.3 Å². The SMILES string of the molecule is Cc1ccc(-n2nc(-c3ccccc3)c3c2NC2=C(C(=O)CC(C)(C)C2)C3c2ccc(OCc3ccccc3)c(OCc3ccccc3)c2)c(C)c1. The zero-order chi connectivity index (χ0) is 35.8. The highest BCUT2D eigenvalue weighted by Crippen LogP contribution is 2.53. The van der Waals surface area contributed by atoms with Gasteiger partial charge >= 0.3 is 0 Å². The van der Waals surface area contributed by atoms with Crippen LogP contribution in [0, 0.1) is 19.3 Å². The van der Waals surface area contributed by atoms with E-state index in [0.29, 0.717) is 31.1 Å². The van der Waals surface area contributed by atoms with E-state index in [1.54, 1.807) is 0 Å². The van der Waals surface area contributed by atoms with E-state index in [0.717, 1.165) is 68.3 Å². The number of ether oxygens (including phenoxy) is 2. The fourth-order valence-electron chi connectivity index (χ4n) is 7.66. The van der Waals surface area contributed by atoms with Crippen molar-refractivity contribution >= 4 is 11.6 Å². The highest BCUT2D eigenvalue weighted by Gasteiger charge is 2.44. The van der Waals surface area contributed by atoms with Gasteiger partial charge in [0.25, 0.3) is 0 Å². The molecule has 0 spiro atoms. The van der Waals surface area contributed by atoms with Crippen molar-refractivity contribution < 1.29 is 14.3 Å². The third-order valence-electron chi connectivity index (χ3n) is 10.1. The summed E-state index contributed by atoms with van der Waals surface area (Å²) < 4.78 is 15.0. The standard InChI is InChI=1S/C46H43N3O3/c1-30-20-22-37(31(2)24-30)49-45-43(44(48-49)34-18-12-7-13-19-34)41(42-36(47-45)26-46(3,4)27-38(42)50)35-21-23-39(51-28-32-14-8-5-9-15-32)40(25-35)52-29-33-16-10-6-11-17-33/h5-25,41,47H,26-29H2,1-4H3. The first-order valence-electron chi connectivity index (χ1n) is 18.0. The van der Waals surface area contributed by atoms with Gasteiger partial charge in [0, 0.05) is 34.7 Å². The maximum atomic E-state index is 14.4. The predicted octanol–water partition coefficient (Wildman–Crippen LogP) is 10.5. The molecule has 8 rings (SSSR count). The second-order valence-corrected chi connectivity index (χ2v) is 14.8. The highest BCUT2D eigenvalue weighted by molar-refractivity contribution is 6.02. The topological polar surface area (TPSA) is 65.4 Å². The van der Waals surface area contributed by atoms with Crippen molar-refractivity contribution in [3.63, 3.8) is 0 Å². The van der Waals surface area contributed by atoms with Gasteiger partial charge < -0.3 is 14.8 Å². The highest BCUT2D eigenvalue weighted by atomic mass is 16.5. The quantitative estimate of drug-likeness (QED) is 0.164. The average molecular weight is 686 g/mol. The summed E-state index contributed by atoms with van der Waals surface area (Å²) in [5, 5.41) is 9.16. The maximum absolute atomic E-state index is 14.4. The van der Waals surface area contributed by atoms with Crippen molar-refractivity contribution in [1.29, 1.82) is 0 Å². The lowest BCUT2D eigenvalue weighted by atomic mass is 9.69. The first-order chi connectivity index (χ1) is 25.2. The molecule has 2 heterocycles. The number of Topliss-reactive ketones (excluding diaryl/α,β-unsaturated/α-hetero) is 1. The molecule has 1 aliphatic heterocycles. The smallest absolute Gasteiger partial charge is 0.162 e. The molecule has 1 unspecified atom stereocenters. The van der Waals surface area contributed by atoms with Crippen LogP contribution in [-0.2, 0) is 18.0 Å². The Bertz CT molecular complexity index is 2290. The molecule has 6 aromatic rings. The Morgan fingerprint density at radius 3 is 2.04 bits per heavy atom. The van der Waals surface area contributed by atoms with Crippen LogP contribution in [0.15, 0.2) is 139 Å². The molecular formula is C46H43N3O3. The maximum Gasteiger partial charge on any atom is 0.162 e. The van der Waals surface area contributed by atoms with Crippen LogP contribution in [0.1, 0.15) is 66.0 Å². The second-order valence-electron chi connectivity index (χ2n) is 14.8. The summed E-state index contributed by atoms with van der Waals surface area (Å²) in [5.74, 6) is 1.94. The van der Waals surface area contributed by atoms with Crippen molar-refractivity contribution in [1.82, 2.24) is 9.78 Å². The lowest BCUT2D eigenvalue weighted by Crippen LogP contribution is -2.34. The van der Waals surface area contributed by atoms with Crippen molar-refractivity contribution in [2.75, 3.05) is 5.32 Å². The first-order valence-corrected chi connectivity index (χ1v) is 18.0. The van der Waals surface area contributed by atoms with Crippen LogP contribution in [0.25, 0.3) is 16.9 Å². The monoisotopic (exact) mass is 685 g/mol. The van der Waals surface area contributed by atoms with Crippen molar-refractivity contribution in [2.45, 2.75) is 59.7 Å². The van der Waals surface area contributed by atoms with Gasteiger partial charge in [0.05, 0.1) is 11.4 Å². The number of ketones is 1. The molecule has 0 amide bonds. The third-order valence-corrected chi connectivity index (χ3v) is 10.1. The number of hydrogen-bond donors (Lipinski definition) is 1. The molecule has 1 atom stereocenters. The normalized spacial score (nSPS) is 16.2. The number of nitrogens with zero attached hydrogens (tertiary/aromatic N) is 2. The number of rotatable bonds is 9. The van der Waals surface area contributed by atoms with E-state index in [-0.39, 0.29) is 17.1 Å². The Kier molecular flexibility index (Phi) is 8.76. The minimum atomic E-state index is -0.383. The van der Waals surface area contributed by atoms with Gasteiger partial charge in [-0.05, 0) is 66.1 Å². The van der Waals surface area contributed by atoms with Crippen LogP contribution in [0.4, 0.5) is 5.82 Å². The van der Waals surface area contributed by atoms with Crippen molar-refractivity contribution in [3.8, 4) is 28.4 Å². The fraction of sp³-hybridized carbons (Fsp3) is 0.217. The van der Waals surface area contributed by atoms with Gasteiger partial charge in [0.2, 0.25) is 0 Å². The van der Waals surface area contributed by atoms with Crippen molar-refractivity contribution in [2.24, 2.45) is 5.41 Å². The number of benzene rings is 5. The molecule has 0 saturated carbocycles. The molecule has 6 heteroatoms. The van der Waals surface area contributed by atoms with Crippen LogP contribution in [0.5, 0.6) is 11.5 Å². The summed E-state index contributed by atoms with van der Waals surface area (Å²) in [7, 11) is 0. The van der Waals surface area contributed by atoms with Gasteiger partial charge in [0.1, 0.15) is 19.0 Å². The van der Waals surface area contributed by atoms with E-state index in [2.05, 4.69) is 99.7 Å². The van der Waals surface area contributed by atoms with Gasteiger partial charge in [-0.3, -0.25) is 4.79 Å². The molecule has 6 nitrogen and oxygen atoms in total. The number of nitrogens with one attached hydrogen (secondary N) is 1. The number of allylic oxidation sites excluding steroid dienone is 2. The zero-order valence-electron chi connectivity index (χ0n) is 30.1. The molecule has 2 aliphatic rings. The van der Waals surface area contributed by atoms with Crippen LogP contribution < -0.4 is 14.8 Å². The summed E-state index contributed by atoms with van der Waals surface area (Å²) in [6.45, 7) is 9.36. The summed E-state index contributed by atoms with van der Waals surface area (Å²) in [4.78, 5) is 14.4. The number of carbonyl (C=O) groups excluding carboxylic acids is 1. The summed E-state index contributed by atoms with van der Waals surface area (Å²) >= 11 is 0. The zero-order valence-corrected chi connectivity index (χ0v) is 30.1. The lowest BCUT2D eigenvalue weighted by Gasteiger charge is -2.39. The fourth-order valence-corrected chi connectivity index (χ4v) is 7.66. The molecular weight excluding hydrogens is 643 g/mol. The number of hydrogen-bond acceptors (Lipinski definition) is 5. The Hall–Kier alpha value is -5.88. The molecule has 5 aromatic carbocycles. The molecule has 1 aliphatic carbocycles. The van der Waals surface area contributed by atoms with E-state index >= 15 is 0 Å². The predicted molar refractivity (Wildman–Crippen MR) is 207 cm³/mol. The summed E-state index contributed by atoms with van der Waals surface area (Å²) in [5.41, 5.74) is 10.8. The molecule has 1 aromatic heterocycles. The van der Waals surface area contributed by atoms with Gasteiger partial charge in [-0.25, -0.2) is 4.68 Å². The first kappa shape index (κ1) is 33.3. The van der Waals surface area contributed by atoms with Crippen molar-refractivity contribution in [3.05, 3.63) is 172 Å². The van der Waals surface area contributed by atoms with E-state index in [9.17, 15) is 4.79 Å². The summed E-state index contributed by atoms with van der Waals surface area (Å²) in [6, 6.07) is 43.2. The third kappa shape index (κ3) is 6.53. The Morgan fingerprint density at radius 1 is 0.750 bits per heavy atom. The van der Waals surface area contributed by atoms with Gasteiger partial charge in [-0.2, -0.15) is 5.10 Å². The molecule has 0 saturated heterocycles. The number of aryl methyl sites for hydroxylation is 2. The number of carbonyl (C=O) groups is 1. The van der Waals surface area contributed by atoms with E-state index < -0.39 is 0 Å². The Labute approximate surface area is 305 Å². The molecule has 0 fully saturated rings. The molecule has 1 N–H and O–H groups in total. The number of fused-ring (bicyclic) bond motifs is 1. The Balaban J connectivity index is 1.32. The number of anilines is 1. The number of aromatic nitrogens is 2. The Morgan fingerprint density at radius 2 is 1.38 bits per heavy atom. The largest absolute Gasteiger partial charge is 0.485 e. The minimum Gasteiger partial charge on any atom is -0.485 e. The average Bonchev–Trinajstić information content (AvgIpc) is 3.52. The van der Waals surface area contributed by atoms with Gasteiger partial charge in [-0.15, -0.1) is 0 Å². The van der Waals surface area contributed by atoms with Gasteiger partial charge in [-0.1, -0.05) is 129 Å². The lowest BCUT2D eigenvalue weighted by molar-refractivity contribution is -0.118. The molecule has 52 heavy (non-hydrogen) atoms. The van der Waals surface area contributed by atoms with Crippen LogP contribution in [0.2, 0.25) is 0 Å². The van der Waals surface area contributed by atoms with E-state index in [4.69, 9.17) is 14.6 Å². The van der Waals surface area contributed by atoms with E-state index in [1.165, 1.54) is 5.56 Å². The van der Waals surface area contributed by atoms with Crippen LogP contribution in [0.3, 0.4) is 0 Å². The second kappa shape index (κ2) is 13.7.